The van der Waals surface area contributed by atoms with Gasteiger partial charge in [0.25, 0.3) is 0 Å². The number of thioether (sulfide) groups is 1. The van der Waals surface area contributed by atoms with Gasteiger partial charge in [0.2, 0.25) is 0 Å². The van der Waals surface area contributed by atoms with E-state index in [1.165, 1.54) is 18.1 Å². The van der Waals surface area contributed by atoms with Crippen molar-refractivity contribution in [3.05, 3.63) is 29.5 Å². The molecule has 2 heterocycles. The summed E-state index contributed by atoms with van der Waals surface area (Å²) in [5, 5.41) is 13.3. The lowest BCUT2D eigenvalue weighted by Gasteiger charge is -2.29. The lowest BCUT2D eigenvalue weighted by atomic mass is 10.2. The Hall–Kier alpha value is -1.97. The molecule has 1 aliphatic rings. The molecule has 8 nitrogen and oxygen atoms in total. The zero-order valence-electron chi connectivity index (χ0n) is 13.5. The third kappa shape index (κ3) is 5.25. The van der Waals surface area contributed by atoms with Crippen molar-refractivity contribution >= 4 is 40.8 Å². The van der Waals surface area contributed by atoms with Gasteiger partial charge in [-0.25, -0.2) is 9.78 Å². The van der Waals surface area contributed by atoms with Crippen LogP contribution in [0.4, 0.5) is 16.2 Å². The maximum atomic E-state index is 12.1. The van der Waals surface area contributed by atoms with E-state index in [1.54, 1.807) is 6.07 Å². The van der Waals surface area contributed by atoms with E-state index >= 15 is 0 Å². The molecule has 0 spiro atoms. The van der Waals surface area contributed by atoms with E-state index in [0.717, 1.165) is 23.9 Å². The SMILES string of the molecule is O=C(NCCSc1ncn[nH]1)Nc1cc(N2CCOCC2)ccc1Cl. The van der Waals surface area contributed by atoms with Crippen molar-refractivity contribution in [2.75, 3.05) is 48.8 Å². The summed E-state index contributed by atoms with van der Waals surface area (Å²) in [6.07, 6.45) is 1.45. The molecule has 10 heteroatoms. The number of morpholine rings is 1. The second-order valence-corrected chi connectivity index (χ2v) is 6.77. The van der Waals surface area contributed by atoms with Crippen LogP contribution in [-0.2, 0) is 4.74 Å². The third-order valence-corrected chi connectivity index (χ3v) is 4.80. The van der Waals surface area contributed by atoms with Gasteiger partial charge in [-0.3, -0.25) is 5.10 Å². The Labute approximate surface area is 154 Å². The molecule has 1 aromatic heterocycles. The second-order valence-electron chi connectivity index (χ2n) is 5.28. The molecule has 3 N–H and O–H groups in total. The van der Waals surface area contributed by atoms with Gasteiger partial charge in [0.15, 0.2) is 5.16 Å². The Bertz CT molecular complexity index is 693. The molecule has 0 atom stereocenters. The van der Waals surface area contributed by atoms with Crippen molar-refractivity contribution in [1.29, 1.82) is 0 Å². The van der Waals surface area contributed by atoms with Crippen molar-refractivity contribution in [3.8, 4) is 0 Å². The van der Waals surface area contributed by atoms with Crippen LogP contribution < -0.4 is 15.5 Å². The number of rotatable bonds is 6. The second kappa shape index (κ2) is 8.93. The number of amides is 2. The number of halogens is 1. The van der Waals surface area contributed by atoms with E-state index < -0.39 is 0 Å². The van der Waals surface area contributed by atoms with Crippen molar-refractivity contribution in [3.63, 3.8) is 0 Å². The third-order valence-electron chi connectivity index (χ3n) is 3.59. The van der Waals surface area contributed by atoms with Crippen LogP contribution in [-0.4, -0.2) is 59.8 Å². The topological polar surface area (TPSA) is 95.2 Å². The predicted molar refractivity (Wildman–Crippen MR) is 98.6 cm³/mol. The molecular weight excluding hydrogens is 364 g/mol. The van der Waals surface area contributed by atoms with Gasteiger partial charge in [-0.2, -0.15) is 5.10 Å². The molecule has 0 radical (unpaired) electrons. The van der Waals surface area contributed by atoms with Crippen molar-refractivity contribution in [2.24, 2.45) is 0 Å². The van der Waals surface area contributed by atoms with E-state index in [1.807, 2.05) is 12.1 Å². The number of nitrogens with one attached hydrogen (secondary N) is 3. The zero-order chi connectivity index (χ0) is 17.5. The number of aromatic amines is 1. The lowest BCUT2D eigenvalue weighted by molar-refractivity contribution is 0.122. The Balaban J connectivity index is 1.49. The molecule has 0 unspecified atom stereocenters. The number of ether oxygens (including phenoxy) is 1. The number of H-pyrrole nitrogens is 1. The minimum Gasteiger partial charge on any atom is -0.378 e. The number of carbonyl (C=O) groups excluding carboxylic acids is 1. The van der Waals surface area contributed by atoms with E-state index in [0.29, 0.717) is 36.2 Å². The number of aromatic nitrogens is 3. The molecule has 1 fully saturated rings. The van der Waals surface area contributed by atoms with Crippen molar-refractivity contribution in [2.45, 2.75) is 5.16 Å². The molecule has 2 aromatic rings. The van der Waals surface area contributed by atoms with Gasteiger partial charge >= 0.3 is 6.03 Å². The van der Waals surface area contributed by atoms with E-state index in [9.17, 15) is 4.79 Å². The highest BCUT2D eigenvalue weighted by molar-refractivity contribution is 7.99. The summed E-state index contributed by atoms with van der Waals surface area (Å²) < 4.78 is 5.36. The first-order valence-corrected chi connectivity index (χ1v) is 9.24. The van der Waals surface area contributed by atoms with Gasteiger partial charge < -0.3 is 20.3 Å². The summed E-state index contributed by atoms with van der Waals surface area (Å²) in [5.74, 6) is 0.685. The minimum absolute atomic E-state index is 0.292. The van der Waals surface area contributed by atoms with Crippen LogP contribution in [0.25, 0.3) is 0 Å². The molecule has 2 amide bonds. The number of urea groups is 1. The largest absolute Gasteiger partial charge is 0.378 e. The van der Waals surface area contributed by atoms with Crippen LogP contribution >= 0.6 is 23.4 Å². The van der Waals surface area contributed by atoms with Gasteiger partial charge in [0.1, 0.15) is 6.33 Å². The summed E-state index contributed by atoms with van der Waals surface area (Å²) in [6.45, 7) is 3.56. The van der Waals surface area contributed by atoms with Gasteiger partial charge in [-0.05, 0) is 18.2 Å². The van der Waals surface area contributed by atoms with Crippen LogP contribution in [0.5, 0.6) is 0 Å². The van der Waals surface area contributed by atoms with Crippen LogP contribution in [0.2, 0.25) is 5.02 Å². The molecular formula is C15H19ClN6O2S. The smallest absolute Gasteiger partial charge is 0.319 e. The first-order valence-electron chi connectivity index (χ1n) is 7.87. The fraction of sp³-hybridized carbons (Fsp3) is 0.400. The molecule has 134 valence electrons. The summed E-state index contributed by atoms with van der Waals surface area (Å²) in [4.78, 5) is 18.3. The Morgan fingerprint density at radius 1 is 1.40 bits per heavy atom. The zero-order valence-corrected chi connectivity index (χ0v) is 15.1. The highest BCUT2D eigenvalue weighted by atomic mass is 35.5. The van der Waals surface area contributed by atoms with Gasteiger partial charge in [-0.15, -0.1) is 0 Å². The maximum Gasteiger partial charge on any atom is 0.319 e. The molecule has 1 aromatic carbocycles. The number of carbonyl (C=O) groups is 1. The normalized spacial score (nSPS) is 14.4. The Morgan fingerprint density at radius 2 is 2.24 bits per heavy atom. The average molecular weight is 383 g/mol. The summed E-state index contributed by atoms with van der Waals surface area (Å²) in [5.41, 5.74) is 1.61. The van der Waals surface area contributed by atoms with E-state index in [4.69, 9.17) is 16.3 Å². The first kappa shape index (κ1) is 17.8. The number of hydrogen-bond donors (Lipinski definition) is 3. The van der Waals surface area contributed by atoms with Crippen LogP contribution in [0.15, 0.2) is 29.7 Å². The van der Waals surface area contributed by atoms with E-state index in [-0.39, 0.29) is 6.03 Å². The number of nitrogens with zero attached hydrogens (tertiary/aromatic N) is 3. The Kier molecular flexibility index (Phi) is 6.37. The summed E-state index contributed by atoms with van der Waals surface area (Å²) >= 11 is 7.68. The molecule has 1 aliphatic heterocycles. The summed E-state index contributed by atoms with van der Waals surface area (Å²) in [7, 11) is 0. The number of hydrogen-bond acceptors (Lipinski definition) is 6. The monoisotopic (exact) mass is 382 g/mol. The molecule has 25 heavy (non-hydrogen) atoms. The van der Waals surface area contributed by atoms with Gasteiger partial charge in [-0.1, -0.05) is 23.4 Å². The lowest BCUT2D eigenvalue weighted by Crippen LogP contribution is -2.36. The van der Waals surface area contributed by atoms with Gasteiger partial charge in [0, 0.05) is 31.1 Å². The fourth-order valence-electron chi connectivity index (χ4n) is 2.37. The van der Waals surface area contributed by atoms with Crippen molar-refractivity contribution in [1.82, 2.24) is 20.5 Å². The van der Waals surface area contributed by atoms with Crippen LogP contribution in [0, 0.1) is 0 Å². The minimum atomic E-state index is -0.292. The molecule has 0 bridgehead atoms. The predicted octanol–water partition coefficient (Wildman–Crippen LogP) is 2.21. The highest BCUT2D eigenvalue weighted by Crippen LogP contribution is 2.28. The van der Waals surface area contributed by atoms with Crippen molar-refractivity contribution < 1.29 is 9.53 Å². The maximum absolute atomic E-state index is 12.1. The fourth-order valence-corrected chi connectivity index (χ4v) is 3.17. The van der Waals surface area contributed by atoms with Crippen LogP contribution in [0.3, 0.4) is 0 Å². The van der Waals surface area contributed by atoms with Gasteiger partial charge in [0.05, 0.1) is 23.9 Å². The Morgan fingerprint density at radius 3 is 3.00 bits per heavy atom. The van der Waals surface area contributed by atoms with Crippen LogP contribution in [0.1, 0.15) is 0 Å². The summed E-state index contributed by atoms with van der Waals surface area (Å²) in [6, 6.07) is 5.34. The quantitative estimate of drug-likeness (QED) is 0.523. The first-order chi connectivity index (χ1) is 12.2. The molecule has 3 rings (SSSR count). The average Bonchev–Trinajstić information content (AvgIpc) is 3.15. The standard InChI is InChI=1S/C15H19ClN6O2S/c16-12-2-1-11(22-4-6-24-7-5-22)9-13(12)20-14(23)17-3-8-25-15-18-10-19-21-15/h1-2,9-10H,3-8H2,(H2,17,20,23)(H,18,19,21). The molecule has 0 saturated carbocycles. The van der Waals surface area contributed by atoms with E-state index in [2.05, 4.69) is 30.7 Å². The molecule has 0 aliphatic carbocycles. The highest BCUT2D eigenvalue weighted by Gasteiger charge is 2.13. The molecule has 1 saturated heterocycles. The number of benzene rings is 1. The number of anilines is 2.